The van der Waals surface area contributed by atoms with Gasteiger partial charge in [0.05, 0.1) is 0 Å². The normalized spacial score (nSPS) is 11.2. The third-order valence-electron chi connectivity index (χ3n) is 1.33. The second-order valence-corrected chi connectivity index (χ2v) is 2.82. The number of rotatable bonds is 3. The van der Waals surface area contributed by atoms with Crippen molar-refractivity contribution in [1.82, 2.24) is 5.32 Å². The molecule has 78 valence electrons. The number of carbonyl (C=O) groups excluding carboxylic acids is 2. The highest BCUT2D eigenvalue weighted by Gasteiger charge is 2.19. The first-order chi connectivity index (χ1) is 5.95. The molecule has 1 unspecified atom stereocenters. The Balaban J connectivity index is 0. The van der Waals surface area contributed by atoms with E-state index in [1.807, 2.05) is 27.7 Å². The van der Waals surface area contributed by atoms with Gasteiger partial charge in [-0.15, -0.1) is 0 Å². The second-order valence-electron chi connectivity index (χ2n) is 2.82. The largest absolute Gasteiger partial charge is 0.368 e. The lowest BCUT2D eigenvalue weighted by molar-refractivity contribution is -0.127. The topological polar surface area (TPSA) is 72.2 Å². The molecule has 0 radical (unpaired) electrons. The van der Waals surface area contributed by atoms with Crippen LogP contribution >= 0.6 is 0 Å². The highest BCUT2D eigenvalue weighted by Crippen LogP contribution is 1.99. The molecule has 4 nitrogen and oxygen atoms in total. The number of amides is 2. The van der Waals surface area contributed by atoms with Crippen LogP contribution in [-0.2, 0) is 9.59 Å². The van der Waals surface area contributed by atoms with Crippen LogP contribution in [0.15, 0.2) is 0 Å². The molecule has 0 bridgehead atoms. The van der Waals surface area contributed by atoms with Crippen LogP contribution in [0.5, 0.6) is 0 Å². The molecule has 13 heavy (non-hydrogen) atoms. The smallest absolute Gasteiger partial charge is 0.240 e. The van der Waals surface area contributed by atoms with Crippen molar-refractivity contribution in [2.75, 3.05) is 0 Å². The summed E-state index contributed by atoms with van der Waals surface area (Å²) >= 11 is 0. The number of carbonyl (C=O) groups is 2. The Hall–Kier alpha value is -1.06. The van der Waals surface area contributed by atoms with Crippen LogP contribution in [0.1, 0.15) is 34.6 Å². The lowest BCUT2D eigenvalue weighted by atomic mass is 10.0. The van der Waals surface area contributed by atoms with Crippen molar-refractivity contribution in [3.05, 3.63) is 0 Å². The lowest BCUT2D eigenvalue weighted by Gasteiger charge is -2.17. The molecule has 0 aliphatic carbocycles. The molecule has 0 aliphatic rings. The van der Waals surface area contributed by atoms with E-state index in [2.05, 4.69) is 5.32 Å². The summed E-state index contributed by atoms with van der Waals surface area (Å²) in [6, 6.07) is -0.549. The summed E-state index contributed by atoms with van der Waals surface area (Å²) in [4.78, 5) is 21.2. The Labute approximate surface area is 79.9 Å². The molecule has 0 spiro atoms. The molecule has 0 aromatic heterocycles. The maximum atomic E-state index is 10.7. The molecule has 0 saturated heterocycles. The molecule has 4 heteroatoms. The van der Waals surface area contributed by atoms with Crippen molar-refractivity contribution < 1.29 is 9.59 Å². The lowest BCUT2D eigenvalue weighted by Crippen LogP contribution is -2.46. The van der Waals surface area contributed by atoms with E-state index in [0.29, 0.717) is 0 Å². The minimum Gasteiger partial charge on any atom is -0.368 e. The molecule has 0 aromatic carbocycles. The zero-order valence-corrected chi connectivity index (χ0v) is 9.05. The fourth-order valence-electron chi connectivity index (χ4n) is 0.785. The van der Waals surface area contributed by atoms with E-state index in [0.717, 1.165) is 0 Å². The average molecular weight is 188 g/mol. The summed E-state index contributed by atoms with van der Waals surface area (Å²) in [5.74, 6) is -0.686. The van der Waals surface area contributed by atoms with E-state index in [9.17, 15) is 9.59 Å². The van der Waals surface area contributed by atoms with Crippen molar-refractivity contribution in [3.8, 4) is 0 Å². The molecular weight excluding hydrogens is 168 g/mol. The fraction of sp³-hybridized carbons (Fsp3) is 0.778. The van der Waals surface area contributed by atoms with Gasteiger partial charge in [0.1, 0.15) is 6.04 Å². The van der Waals surface area contributed by atoms with E-state index in [4.69, 9.17) is 5.73 Å². The van der Waals surface area contributed by atoms with Crippen molar-refractivity contribution >= 4 is 11.8 Å². The molecule has 0 rings (SSSR count). The second kappa shape index (κ2) is 7.58. The third-order valence-corrected chi connectivity index (χ3v) is 1.33. The summed E-state index contributed by atoms with van der Waals surface area (Å²) in [6.07, 6.45) is 0. The van der Waals surface area contributed by atoms with Crippen LogP contribution in [0.2, 0.25) is 0 Å². The van der Waals surface area contributed by atoms with Crippen molar-refractivity contribution in [2.45, 2.75) is 40.7 Å². The van der Waals surface area contributed by atoms with Gasteiger partial charge in [0.15, 0.2) is 0 Å². The van der Waals surface area contributed by atoms with Gasteiger partial charge >= 0.3 is 0 Å². The highest BCUT2D eigenvalue weighted by molar-refractivity contribution is 5.85. The molecule has 0 saturated carbocycles. The van der Waals surface area contributed by atoms with Crippen molar-refractivity contribution in [2.24, 2.45) is 11.7 Å². The first kappa shape index (κ1) is 14.5. The van der Waals surface area contributed by atoms with E-state index in [1.54, 1.807) is 0 Å². The quantitative estimate of drug-likeness (QED) is 0.683. The van der Waals surface area contributed by atoms with Gasteiger partial charge in [-0.1, -0.05) is 27.7 Å². The minimum atomic E-state index is -0.549. The van der Waals surface area contributed by atoms with Gasteiger partial charge in [0.2, 0.25) is 11.8 Å². The maximum absolute atomic E-state index is 10.7. The number of hydrogen-bond acceptors (Lipinski definition) is 2. The van der Waals surface area contributed by atoms with E-state index in [1.165, 1.54) is 6.92 Å². The number of nitrogens with one attached hydrogen (secondary N) is 1. The zero-order valence-electron chi connectivity index (χ0n) is 9.05. The van der Waals surface area contributed by atoms with E-state index < -0.39 is 11.9 Å². The maximum Gasteiger partial charge on any atom is 0.240 e. The van der Waals surface area contributed by atoms with Crippen LogP contribution in [0.3, 0.4) is 0 Å². The Bertz CT molecular complexity index is 167. The number of nitrogens with two attached hydrogens (primary N) is 1. The van der Waals surface area contributed by atoms with Crippen LogP contribution < -0.4 is 11.1 Å². The molecule has 2 amide bonds. The Kier molecular flexibility index (Phi) is 8.44. The van der Waals surface area contributed by atoms with Gasteiger partial charge in [-0.3, -0.25) is 9.59 Å². The fourth-order valence-corrected chi connectivity index (χ4v) is 0.785. The first-order valence-corrected chi connectivity index (χ1v) is 4.51. The SMILES string of the molecule is CC.CC(=O)NC(C(N)=O)C(C)C. The van der Waals surface area contributed by atoms with E-state index in [-0.39, 0.29) is 11.8 Å². The standard InChI is InChI=1S/C7H14N2O2.C2H6/c1-4(2)6(7(8)11)9-5(3)10;1-2/h4,6H,1-3H3,(H2,8,11)(H,9,10);1-2H3. The van der Waals surface area contributed by atoms with Crippen LogP contribution in [0.4, 0.5) is 0 Å². The monoisotopic (exact) mass is 188 g/mol. The molecule has 0 aromatic rings. The highest BCUT2D eigenvalue weighted by atomic mass is 16.2. The predicted molar refractivity (Wildman–Crippen MR) is 53.0 cm³/mol. The Morgan fingerprint density at radius 3 is 1.69 bits per heavy atom. The number of hydrogen-bond donors (Lipinski definition) is 2. The van der Waals surface area contributed by atoms with Gasteiger partial charge in [0, 0.05) is 6.92 Å². The van der Waals surface area contributed by atoms with Gasteiger partial charge in [0.25, 0.3) is 0 Å². The third kappa shape index (κ3) is 7.31. The van der Waals surface area contributed by atoms with E-state index >= 15 is 0 Å². The minimum absolute atomic E-state index is 0.0383. The van der Waals surface area contributed by atoms with Crippen molar-refractivity contribution in [1.29, 1.82) is 0 Å². The van der Waals surface area contributed by atoms with Crippen LogP contribution in [0.25, 0.3) is 0 Å². The number of primary amides is 1. The van der Waals surface area contributed by atoms with Gasteiger partial charge < -0.3 is 11.1 Å². The summed E-state index contributed by atoms with van der Waals surface area (Å²) in [7, 11) is 0. The average Bonchev–Trinajstić information content (AvgIpc) is 2.03. The predicted octanol–water partition coefficient (Wildman–Crippen LogP) is 0.659. The summed E-state index contributed by atoms with van der Waals surface area (Å²) in [5, 5.41) is 2.47. The molecule has 0 fully saturated rings. The first-order valence-electron chi connectivity index (χ1n) is 4.51. The van der Waals surface area contributed by atoms with Gasteiger partial charge in [-0.25, -0.2) is 0 Å². The summed E-state index contributed by atoms with van der Waals surface area (Å²) in [5.41, 5.74) is 5.03. The molecule has 0 aliphatic heterocycles. The molecule has 1 atom stereocenters. The molecule has 0 heterocycles. The molecule has 3 N–H and O–H groups in total. The molecular formula is C9H20N2O2. The van der Waals surface area contributed by atoms with Gasteiger partial charge in [-0.05, 0) is 5.92 Å². The van der Waals surface area contributed by atoms with Crippen LogP contribution in [-0.4, -0.2) is 17.9 Å². The summed E-state index contributed by atoms with van der Waals surface area (Å²) in [6.45, 7) is 9.01. The van der Waals surface area contributed by atoms with Gasteiger partial charge in [-0.2, -0.15) is 0 Å². The zero-order chi connectivity index (χ0) is 11.0. The summed E-state index contributed by atoms with van der Waals surface area (Å²) < 4.78 is 0. The Morgan fingerprint density at radius 1 is 1.23 bits per heavy atom. The van der Waals surface area contributed by atoms with Crippen LogP contribution in [0, 0.1) is 5.92 Å². The van der Waals surface area contributed by atoms with Crippen molar-refractivity contribution in [3.63, 3.8) is 0 Å². The Morgan fingerprint density at radius 2 is 1.62 bits per heavy atom.